The summed E-state index contributed by atoms with van der Waals surface area (Å²) in [7, 11) is 0. The van der Waals surface area contributed by atoms with E-state index in [1.54, 1.807) is 0 Å². The minimum absolute atomic E-state index is 0.225. The first-order chi connectivity index (χ1) is 7.89. The molecule has 1 heterocycles. The van der Waals surface area contributed by atoms with Gasteiger partial charge in [0.05, 0.1) is 0 Å². The number of carbonyl (C=O) groups excluding carboxylic acids is 1. The lowest BCUT2D eigenvalue weighted by atomic mass is 10.1. The fourth-order valence-electron chi connectivity index (χ4n) is 2.03. The molecule has 1 rings (SSSR count). The number of amides is 1. The summed E-state index contributed by atoms with van der Waals surface area (Å²) in [5.41, 5.74) is 0. The third kappa shape index (κ3) is 7.49. The zero-order chi connectivity index (χ0) is 11.5. The molecule has 1 aliphatic rings. The number of hydrogen-bond acceptors (Lipinski definition) is 1. The Balaban J connectivity index is 2.20. The number of nitrogens with one attached hydrogen (secondary N) is 1. The van der Waals surface area contributed by atoms with Crippen molar-refractivity contribution in [3.05, 3.63) is 12.2 Å². The van der Waals surface area contributed by atoms with Crippen LogP contribution in [0.25, 0.3) is 0 Å². The van der Waals surface area contributed by atoms with Gasteiger partial charge in [-0.2, -0.15) is 0 Å². The molecule has 0 atom stereocenters. The van der Waals surface area contributed by atoms with Crippen molar-refractivity contribution >= 4 is 5.91 Å². The minimum atomic E-state index is 0.225. The van der Waals surface area contributed by atoms with Crippen LogP contribution in [0.1, 0.15) is 64.2 Å². The molecule has 0 fully saturated rings. The monoisotopic (exact) mass is 223 g/mol. The highest BCUT2D eigenvalue weighted by Crippen LogP contribution is 2.08. The van der Waals surface area contributed by atoms with Crippen molar-refractivity contribution in [1.29, 1.82) is 0 Å². The van der Waals surface area contributed by atoms with E-state index in [9.17, 15) is 4.79 Å². The van der Waals surface area contributed by atoms with E-state index in [4.69, 9.17) is 0 Å². The van der Waals surface area contributed by atoms with Gasteiger partial charge in [-0.1, -0.05) is 37.8 Å². The van der Waals surface area contributed by atoms with Crippen molar-refractivity contribution in [2.45, 2.75) is 64.2 Å². The van der Waals surface area contributed by atoms with E-state index in [2.05, 4.69) is 17.5 Å². The average Bonchev–Trinajstić information content (AvgIpc) is 2.29. The lowest BCUT2D eigenvalue weighted by Crippen LogP contribution is -2.23. The molecule has 1 aliphatic heterocycles. The predicted molar refractivity (Wildman–Crippen MR) is 68.3 cm³/mol. The second-order valence-electron chi connectivity index (χ2n) is 4.62. The lowest BCUT2D eigenvalue weighted by molar-refractivity contribution is -0.121. The Kier molecular flexibility index (Phi) is 7.83. The van der Waals surface area contributed by atoms with Crippen LogP contribution in [-0.4, -0.2) is 12.5 Å². The van der Waals surface area contributed by atoms with E-state index in [1.807, 2.05) is 0 Å². The summed E-state index contributed by atoms with van der Waals surface area (Å²) in [6, 6.07) is 0. The predicted octanol–water partition coefficient (Wildman–Crippen LogP) is 3.57. The maximum absolute atomic E-state index is 11.4. The summed E-state index contributed by atoms with van der Waals surface area (Å²) < 4.78 is 0. The molecule has 1 N–H and O–H groups in total. The Labute approximate surface area is 99.5 Å². The molecule has 0 aromatic heterocycles. The smallest absolute Gasteiger partial charge is 0.220 e. The van der Waals surface area contributed by atoms with Crippen LogP contribution in [0.3, 0.4) is 0 Å². The third-order valence-corrected chi connectivity index (χ3v) is 3.06. The molecule has 16 heavy (non-hydrogen) atoms. The zero-order valence-electron chi connectivity index (χ0n) is 10.3. The standard InChI is InChI=1S/C14H25NO/c16-14-12-10-8-6-4-2-1-3-5-7-9-11-13-15-14/h4,6H,1-3,5,7-13H2,(H,15,16)/b6-4+. The van der Waals surface area contributed by atoms with Gasteiger partial charge in [0.15, 0.2) is 0 Å². The van der Waals surface area contributed by atoms with E-state index in [0.29, 0.717) is 6.42 Å². The van der Waals surface area contributed by atoms with Crippen LogP contribution in [-0.2, 0) is 4.79 Å². The van der Waals surface area contributed by atoms with Crippen molar-refractivity contribution in [3.63, 3.8) is 0 Å². The Bertz CT molecular complexity index is 211. The number of allylic oxidation sites excluding steroid dienone is 2. The van der Waals surface area contributed by atoms with Crippen molar-refractivity contribution in [2.24, 2.45) is 0 Å². The van der Waals surface area contributed by atoms with Crippen LogP contribution in [0.4, 0.5) is 0 Å². The molecule has 0 saturated heterocycles. The maximum Gasteiger partial charge on any atom is 0.220 e. The van der Waals surface area contributed by atoms with Gasteiger partial charge < -0.3 is 5.32 Å². The van der Waals surface area contributed by atoms with E-state index in [1.165, 1.54) is 38.5 Å². The quantitative estimate of drug-likeness (QED) is 0.625. The molecule has 0 spiro atoms. The van der Waals surface area contributed by atoms with Gasteiger partial charge in [-0.25, -0.2) is 0 Å². The topological polar surface area (TPSA) is 29.1 Å². The first-order valence-corrected chi connectivity index (χ1v) is 6.81. The first kappa shape index (κ1) is 13.3. The molecule has 0 aliphatic carbocycles. The van der Waals surface area contributed by atoms with Crippen LogP contribution < -0.4 is 5.32 Å². The van der Waals surface area contributed by atoms with Crippen LogP contribution in [0.15, 0.2) is 12.2 Å². The van der Waals surface area contributed by atoms with Gasteiger partial charge in [-0.15, -0.1) is 0 Å². The Morgan fingerprint density at radius 3 is 2.25 bits per heavy atom. The number of carbonyl (C=O) groups is 1. The molecule has 0 aromatic carbocycles. The zero-order valence-corrected chi connectivity index (χ0v) is 10.3. The molecule has 1 amide bonds. The van der Waals surface area contributed by atoms with Crippen LogP contribution in [0, 0.1) is 0 Å². The molecule has 0 unspecified atom stereocenters. The molecule has 92 valence electrons. The first-order valence-electron chi connectivity index (χ1n) is 6.81. The summed E-state index contributed by atoms with van der Waals surface area (Å²) in [4.78, 5) is 11.4. The van der Waals surface area contributed by atoms with Gasteiger partial charge in [0.1, 0.15) is 0 Å². The summed E-state index contributed by atoms with van der Waals surface area (Å²) in [5, 5.41) is 2.99. The second kappa shape index (κ2) is 9.44. The van der Waals surface area contributed by atoms with Crippen molar-refractivity contribution in [3.8, 4) is 0 Å². The number of rotatable bonds is 0. The largest absolute Gasteiger partial charge is 0.356 e. The second-order valence-corrected chi connectivity index (χ2v) is 4.62. The maximum atomic E-state index is 11.4. The van der Waals surface area contributed by atoms with E-state index >= 15 is 0 Å². The van der Waals surface area contributed by atoms with E-state index < -0.39 is 0 Å². The summed E-state index contributed by atoms with van der Waals surface area (Å²) in [5.74, 6) is 0.225. The van der Waals surface area contributed by atoms with Crippen LogP contribution in [0.2, 0.25) is 0 Å². The SMILES string of the molecule is O=C1CCC/C=C/CCCCCCCCN1. The van der Waals surface area contributed by atoms with Crippen molar-refractivity contribution < 1.29 is 4.79 Å². The molecule has 2 nitrogen and oxygen atoms in total. The molecular formula is C14H25NO. The summed E-state index contributed by atoms with van der Waals surface area (Å²) >= 11 is 0. The highest BCUT2D eigenvalue weighted by Gasteiger charge is 1.99. The Morgan fingerprint density at radius 1 is 0.812 bits per heavy atom. The van der Waals surface area contributed by atoms with Gasteiger partial charge in [-0.05, 0) is 32.1 Å². The third-order valence-electron chi connectivity index (χ3n) is 3.06. The molecule has 0 bridgehead atoms. The average molecular weight is 223 g/mol. The van der Waals surface area contributed by atoms with Crippen molar-refractivity contribution in [2.75, 3.05) is 6.54 Å². The molecule has 0 radical (unpaired) electrons. The van der Waals surface area contributed by atoms with Gasteiger partial charge in [0.2, 0.25) is 5.91 Å². The fourth-order valence-corrected chi connectivity index (χ4v) is 2.03. The molecule has 0 saturated carbocycles. The summed E-state index contributed by atoms with van der Waals surface area (Å²) in [6.07, 6.45) is 16.2. The van der Waals surface area contributed by atoms with Gasteiger partial charge in [0, 0.05) is 13.0 Å². The normalized spacial score (nSPS) is 23.9. The van der Waals surface area contributed by atoms with Gasteiger partial charge >= 0.3 is 0 Å². The molecule has 0 aromatic rings. The van der Waals surface area contributed by atoms with E-state index in [0.717, 1.165) is 25.8 Å². The Hall–Kier alpha value is -0.790. The molecular weight excluding hydrogens is 198 g/mol. The van der Waals surface area contributed by atoms with E-state index in [-0.39, 0.29) is 5.91 Å². The fraction of sp³-hybridized carbons (Fsp3) is 0.786. The van der Waals surface area contributed by atoms with Gasteiger partial charge in [-0.3, -0.25) is 4.79 Å². The number of hydrogen-bond donors (Lipinski definition) is 1. The van der Waals surface area contributed by atoms with Crippen LogP contribution >= 0.6 is 0 Å². The summed E-state index contributed by atoms with van der Waals surface area (Å²) in [6.45, 7) is 0.870. The van der Waals surface area contributed by atoms with Gasteiger partial charge in [0.25, 0.3) is 0 Å². The van der Waals surface area contributed by atoms with Crippen molar-refractivity contribution in [1.82, 2.24) is 5.32 Å². The Morgan fingerprint density at radius 2 is 1.44 bits per heavy atom. The minimum Gasteiger partial charge on any atom is -0.356 e. The van der Waals surface area contributed by atoms with Crippen LogP contribution in [0.5, 0.6) is 0 Å². The highest BCUT2D eigenvalue weighted by molar-refractivity contribution is 5.75. The lowest BCUT2D eigenvalue weighted by Gasteiger charge is -2.04. The highest BCUT2D eigenvalue weighted by atomic mass is 16.1. The molecule has 2 heteroatoms.